The maximum atomic E-state index is 13.0. The van der Waals surface area contributed by atoms with Crippen LogP contribution in [0.1, 0.15) is 31.2 Å². The summed E-state index contributed by atoms with van der Waals surface area (Å²) in [6.45, 7) is 0. The molecule has 2 fully saturated rings. The van der Waals surface area contributed by atoms with E-state index in [1.807, 2.05) is 6.07 Å². The molecule has 8 heteroatoms. The number of fused-ring (bicyclic) bond motifs is 2. The van der Waals surface area contributed by atoms with Crippen LogP contribution in [-0.4, -0.2) is 44.7 Å². The molecule has 2 atom stereocenters. The number of nitriles is 1. The summed E-state index contributed by atoms with van der Waals surface area (Å²) < 4.78 is 51.1. The summed E-state index contributed by atoms with van der Waals surface area (Å²) in [7, 11) is -6.97. The molecule has 124 valence electrons. The van der Waals surface area contributed by atoms with Gasteiger partial charge >= 0.3 is 0 Å². The highest BCUT2D eigenvalue weighted by Crippen LogP contribution is 2.41. The predicted molar refractivity (Wildman–Crippen MR) is 84.9 cm³/mol. The summed E-state index contributed by atoms with van der Waals surface area (Å²) in [6, 6.07) is 7.47. The summed E-state index contributed by atoms with van der Waals surface area (Å²) in [6.07, 6.45) is 3.23. The summed E-state index contributed by atoms with van der Waals surface area (Å²) in [5.41, 5.74) is 0.122. The molecule has 2 aliphatic rings. The number of sulfonamides is 1. The van der Waals surface area contributed by atoms with E-state index in [1.165, 1.54) is 22.7 Å². The molecule has 0 aromatic heterocycles. The van der Waals surface area contributed by atoms with Gasteiger partial charge in [-0.25, -0.2) is 16.8 Å². The van der Waals surface area contributed by atoms with E-state index < -0.39 is 25.1 Å². The van der Waals surface area contributed by atoms with Crippen LogP contribution in [0.5, 0.6) is 0 Å². The Morgan fingerprint density at radius 2 is 1.65 bits per heavy atom. The van der Waals surface area contributed by atoms with Gasteiger partial charge in [-0.15, -0.1) is 0 Å². The molecule has 0 spiro atoms. The van der Waals surface area contributed by atoms with Crippen LogP contribution in [0.3, 0.4) is 0 Å². The fourth-order valence-electron chi connectivity index (χ4n) is 3.72. The second-order valence-corrected chi connectivity index (χ2v) is 10.4. The minimum Gasteiger partial charge on any atom is -0.229 e. The van der Waals surface area contributed by atoms with E-state index in [4.69, 9.17) is 5.26 Å². The zero-order valence-corrected chi connectivity index (χ0v) is 14.3. The molecule has 0 radical (unpaired) electrons. The fraction of sp³-hybridized carbons (Fsp3) is 0.533. The Labute approximate surface area is 136 Å². The normalized spacial score (nSPS) is 28.4. The Morgan fingerprint density at radius 3 is 2.17 bits per heavy atom. The molecule has 2 unspecified atom stereocenters. The van der Waals surface area contributed by atoms with Gasteiger partial charge in [0.1, 0.15) is 15.9 Å². The van der Waals surface area contributed by atoms with Crippen molar-refractivity contribution < 1.29 is 16.8 Å². The van der Waals surface area contributed by atoms with Crippen molar-refractivity contribution in [1.29, 1.82) is 5.26 Å². The van der Waals surface area contributed by atoms with Crippen molar-refractivity contribution in [2.45, 2.75) is 47.9 Å². The van der Waals surface area contributed by atoms with Crippen molar-refractivity contribution >= 4 is 19.9 Å². The quantitative estimate of drug-likeness (QED) is 0.815. The number of rotatable bonds is 3. The Morgan fingerprint density at radius 1 is 1.09 bits per heavy atom. The number of hydrogen-bond donors (Lipinski definition) is 0. The van der Waals surface area contributed by atoms with E-state index in [-0.39, 0.29) is 22.5 Å². The molecule has 2 bridgehead atoms. The SMILES string of the molecule is CS(=O)(=O)C1CC2CCC(C1)N2S(=O)(=O)c1ccccc1C#N. The Bertz CT molecular complexity index is 857. The first kappa shape index (κ1) is 16.4. The average molecular weight is 354 g/mol. The Kier molecular flexibility index (Phi) is 3.99. The van der Waals surface area contributed by atoms with Crippen molar-refractivity contribution in [3.63, 3.8) is 0 Å². The smallest absolute Gasteiger partial charge is 0.229 e. The van der Waals surface area contributed by atoms with E-state index in [2.05, 4.69) is 0 Å². The maximum absolute atomic E-state index is 13.0. The molecule has 1 aromatic rings. The van der Waals surface area contributed by atoms with Crippen molar-refractivity contribution in [1.82, 2.24) is 4.31 Å². The highest BCUT2D eigenvalue weighted by molar-refractivity contribution is 7.91. The number of sulfone groups is 1. The first-order chi connectivity index (χ1) is 10.7. The molecular formula is C15H18N2O4S2. The van der Waals surface area contributed by atoms with Crippen molar-refractivity contribution in [3.05, 3.63) is 29.8 Å². The lowest BCUT2D eigenvalue weighted by Gasteiger charge is -2.37. The lowest BCUT2D eigenvalue weighted by Crippen LogP contribution is -2.49. The minimum absolute atomic E-state index is 0.0113. The lowest BCUT2D eigenvalue weighted by atomic mass is 10.1. The fourth-order valence-corrected chi connectivity index (χ4v) is 6.90. The van der Waals surface area contributed by atoms with Gasteiger partial charge < -0.3 is 0 Å². The van der Waals surface area contributed by atoms with Crippen LogP contribution in [0.2, 0.25) is 0 Å². The highest BCUT2D eigenvalue weighted by Gasteiger charge is 2.49. The predicted octanol–water partition coefficient (Wildman–Crippen LogP) is 1.29. The van der Waals surface area contributed by atoms with Crippen molar-refractivity contribution in [2.24, 2.45) is 0 Å². The van der Waals surface area contributed by atoms with Gasteiger partial charge in [-0.1, -0.05) is 12.1 Å². The lowest BCUT2D eigenvalue weighted by molar-refractivity contribution is 0.249. The molecule has 0 aliphatic carbocycles. The van der Waals surface area contributed by atoms with Crippen molar-refractivity contribution in [2.75, 3.05) is 6.26 Å². The first-order valence-corrected chi connectivity index (χ1v) is 10.9. The average Bonchev–Trinajstić information content (AvgIpc) is 2.77. The van der Waals surface area contributed by atoms with Gasteiger partial charge in [0.25, 0.3) is 0 Å². The van der Waals surface area contributed by atoms with Gasteiger partial charge in [-0.2, -0.15) is 9.57 Å². The molecule has 2 heterocycles. The molecule has 2 saturated heterocycles. The summed E-state index contributed by atoms with van der Waals surface area (Å²) in [5, 5.41) is 8.69. The molecule has 0 N–H and O–H groups in total. The van der Waals surface area contributed by atoms with Gasteiger partial charge in [0.15, 0.2) is 0 Å². The van der Waals surface area contributed by atoms with E-state index >= 15 is 0 Å². The second-order valence-electron chi connectivity index (χ2n) is 6.25. The van der Waals surface area contributed by atoms with E-state index in [0.717, 1.165) is 0 Å². The van der Waals surface area contributed by atoms with Crippen LogP contribution in [0.25, 0.3) is 0 Å². The van der Waals surface area contributed by atoms with Gasteiger partial charge in [0.2, 0.25) is 10.0 Å². The number of piperidine rings is 1. The minimum atomic E-state index is -3.79. The van der Waals surface area contributed by atoms with Crippen LogP contribution >= 0.6 is 0 Å². The van der Waals surface area contributed by atoms with E-state index in [0.29, 0.717) is 25.7 Å². The largest absolute Gasteiger partial charge is 0.244 e. The zero-order chi connectivity index (χ0) is 16.8. The van der Waals surface area contributed by atoms with Gasteiger partial charge in [-0.05, 0) is 37.8 Å². The molecule has 2 aliphatic heterocycles. The van der Waals surface area contributed by atoms with Crippen LogP contribution in [0.15, 0.2) is 29.2 Å². The molecule has 0 amide bonds. The standard InChI is InChI=1S/C15H18N2O4S2/c1-22(18,19)14-8-12-6-7-13(9-14)17(12)23(20,21)15-5-3-2-4-11(15)10-16/h2-5,12-14H,6-9H2,1H3. The monoisotopic (exact) mass is 354 g/mol. The summed E-state index contributed by atoms with van der Waals surface area (Å²) >= 11 is 0. The second kappa shape index (κ2) is 5.58. The van der Waals surface area contributed by atoms with Crippen LogP contribution in [0, 0.1) is 11.3 Å². The van der Waals surface area contributed by atoms with Crippen LogP contribution < -0.4 is 0 Å². The molecule has 6 nitrogen and oxygen atoms in total. The molecule has 23 heavy (non-hydrogen) atoms. The zero-order valence-electron chi connectivity index (χ0n) is 12.7. The number of nitrogens with zero attached hydrogens (tertiary/aromatic N) is 2. The molecule has 1 aromatic carbocycles. The van der Waals surface area contributed by atoms with Gasteiger partial charge in [-0.3, -0.25) is 0 Å². The third kappa shape index (κ3) is 2.77. The summed E-state index contributed by atoms with van der Waals surface area (Å²) in [5.74, 6) is 0. The molecule has 3 rings (SSSR count). The third-order valence-corrected chi connectivity index (χ3v) is 8.45. The van der Waals surface area contributed by atoms with E-state index in [1.54, 1.807) is 12.1 Å². The Balaban J connectivity index is 1.99. The number of hydrogen-bond acceptors (Lipinski definition) is 5. The van der Waals surface area contributed by atoms with E-state index in [9.17, 15) is 16.8 Å². The van der Waals surface area contributed by atoms with Crippen molar-refractivity contribution in [3.8, 4) is 6.07 Å². The van der Waals surface area contributed by atoms with Gasteiger partial charge in [0.05, 0.1) is 15.7 Å². The molecular weight excluding hydrogens is 336 g/mol. The topological polar surface area (TPSA) is 95.3 Å². The van der Waals surface area contributed by atoms with Crippen LogP contribution in [0.4, 0.5) is 0 Å². The summed E-state index contributed by atoms with van der Waals surface area (Å²) in [4.78, 5) is 0.0113. The Hall–Kier alpha value is -1.43. The third-order valence-electron chi connectivity index (χ3n) is 4.79. The number of benzene rings is 1. The van der Waals surface area contributed by atoms with Gasteiger partial charge in [0, 0.05) is 18.3 Å². The maximum Gasteiger partial charge on any atom is 0.244 e. The highest BCUT2D eigenvalue weighted by atomic mass is 32.2. The van der Waals surface area contributed by atoms with Crippen LogP contribution in [-0.2, 0) is 19.9 Å². The molecule has 0 saturated carbocycles. The first-order valence-electron chi connectivity index (χ1n) is 7.46.